The zero-order valence-corrected chi connectivity index (χ0v) is 16.4. The molecular formula is C23H30O3. The zero-order valence-electron chi connectivity index (χ0n) is 16.4. The van der Waals surface area contributed by atoms with E-state index in [1.807, 2.05) is 6.08 Å². The smallest absolute Gasteiger partial charge is 0.178 e. The Bertz CT molecular complexity index is 743. The lowest BCUT2D eigenvalue weighted by Gasteiger charge is -2.52. The van der Waals surface area contributed by atoms with Gasteiger partial charge in [-0.3, -0.25) is 9.59 Å². The summed E-state index contributed by atoms with van der Waals surface area (Å²) < 4.78 is 5.18. The number of hydrogen-bond donors (Lipinski definition) is 0. The van der Waals surface area contributed by atoms with Crippen molar-refractivity contribution < 1.29 is 14.3 Å². The minimum absolute atomic E-state index is 0.0367. The zero-order chi connectivity index (χ0) is 18.7. The molecule has 0 heterocycles. The van der Waals surface area contributed by atoms with Gasteiger partial charge in [0.1, 0.15) is 6.61 Å². The molecule has 6 atom stereocenters. The van der Waals surface area contributed by atoms with Crippen molar-refractivity contribution in [1.82, 2.24) is 0 Å². The Hall–Kier alpha value is -1.48. The minimum atomic E-state index is -0.101. The average molecular weight is 354 g/mol. The first-order valence-corrected chi connectivity index (χ1v) is 9.97. The summed E-state index contributed by atoms with van der Waals surface area (Å²) in [7, 11) is 1.61. The van der Waals surface area contributed by atoms with Crippen molar-refractivity contribution in [3.63, 3.8) is 0 Å². The normalized spacial score (nSPS) is 43.9. The summed E-state index contributed by atoms with van der Waals surface area (Å²) in [4.78, 5) is 24.6. The van der Waals surface area contributed by atoms with E-state index < -0.39 is 0 Å². The molecule has 0 radical (unpaired) electrons. The maximum atomic E-state index is 12.8. The molecule has 0 bridgehead atoms. The molecule has 0 aromatic heterocycles. The fourth-order valence-corrected chi connectivity index (χ4v) is 6.81. The number of carbonyl (C=O) groups is 2. The van der Waals surface area contributed by atoms with E-state index in [4.69, 9.17) is 4.74 Å². The molecule has 0 spiro atoms. The number of ketones is 2. The number of allylic oxidation sites excluding steroid dienone is 6. The number of methoxy groups -OCH3 is 1. The predicted molar refractivity (Wildman–Crippen MR) is 102 cm³/mol. The fraction of sp³-hybridized carbons (Fsp3) is 0.652. The van der Waals surface area contributed by atoms with E-state index in [1.54, 1.807) is 13.2 Å². The Morgan fingerprint density at radius 2 is 2.12 bits per heavy atom. The number of rotatable bonds is 3. The summed E-state index contributed by atoms with van der Waals surface area (Å²) >= 11 is 0. The minimum Gasteiger partial charge on any atom is -0.377 e. The molecule has 0 aromatic rings. The van der Waals surface area contributed by atoms with Gasteiger partial charge in [-0.1, -0.05) is 37.1 Å². The van der Waals surface area contributed by atoms with E-state index in [1.165, 1.54) is 11.1 Å². The number of ether oxygens (including phenoxy) is 1. The fourth-order valence-electron chi connectivity index (χ4n) is 6.81. The van der Waals surface area contributed by atoms with Crippen molar-refractivity contribution in [3.8, 4) is 0 Å². The highest BCUT2D eigenvalue weighted by Gasteiger charge is 2.59. The van der Waals surface area contributed by atoms with Crippen molar-refractivity contribution in [2.45, 2.75) is 46.5 Å². The van der Waals surface area contributed by atoms with Gasteiger partial charge in [0, 0.05) is 18.4 Å². The lowest BCUT2D eigenvalue weighted by Crippen LogP contribution is -2.45. The van der Waals surface area contributed by atoms with Crippen LogP contribution in [0.4, 0.5) is 0 Å². The Labute approximate surface area is 156 Å². The quantitative estimate of drug-likeness (QED) is 0.710. The molecule has 2 saturated carbocycles. The molecule has 4 aliphatic rings. The largest absolute Gasteiger partial charge is 0.377 e. The highest BCUT2D eigenvalue weighted by molar-refractivity contribution is 6.01. The Balaban J connectivity index is 1.72. The molecule has 4 aliphatic carbocycles. The predicted octanol–water partition coefficient (Wildman–Crippen LogP) is 4.29. The van der Waals surface area contributed by atoms with Crippen LogP contribution in [0.5, 0.6) is 0 Å². The Morgan fingerprint density at radius 3 is 2.85 bits per heavy atom. The van der Waals surface area contributed by atoms with Crippen LogP contribution in [0.15, 0.2) is 35.5 Å². The lowest BCUT2D eigenvalue weighted by molar-refractivity contribution is -0.132. The van der Waals surface area contributed by atoms with Crippen LogP contribution in [-0.2, 0) is 14.3 Å². The third-order valence-corrected chi connectivity index (χ3v) is 7.92. The standard InChI is InChI=1S/C23H30O3/c1-14-11-19-17-6-5-15-12-16(24)7-9-22(15,2)18(17)8-10-23(19,3)21(14)20(25)13-26-4/h7-9,12,14,17,19,21H,5-6,10-11,13H2,1-4H3/t14-,17?,19?,21?,22+,23+/m1/s1. The first kappa shape index (κ1) is 17.9. The highest BCUT2D eigenvalue weighted by Crippen LogP contribution is 2.65. The molecular weight excluding hydrogens is 324 g/mol. The molecule has 3 unspecified atom stereocenters. The third kappa shape index (κ3) is 2.36. The van der Waals surface area contributed by atoms with Crippen LogP contribution in [0.1, 0.15) is 46.5 Å². The highest BCUT2D eigenvalue weighted by atomic mass is 16.5. The summed E-state index contributed by atoms with van der Waals surface area (Å²) in [6, 6.07) is 0. The van der Waals surface area contributed by atoms with E-state index in [2.05, 4.69) is 32.9 Å². The van der Waals surface area contributed by atoms with Crippen LogP contribution in [0, 0.1) is 34.5 Å². The van der Waals surface area contributed by atoms with Gasteiger partial charge in [0.2, 0.25) is 0 Å². The molecule has 26 heavy (non-hydrogen) atoms. The molecule has 0 N–H and O–H groups in total. The van der Waals surface area contributed by atoms with Gasteiger partial charge in [-0.05, 0) is 67.9 Å². The number of fused-ring (bicyclic) bond motifs is 5. The summed E-state index contributed by atoms with van der Waals surface area (Å²) in [5.74, 6) is 1.97. The van der Waals surface area contributed by atoms with Crippen molar-refractivity contribution >= 4 is 11.6 Å². The van der Waals surface area contributed by atoms with Gasteiger partial charge in [-0.25, -0.2) is 0 Å². The number of carbonyl (C=O) groups excluding carboxylic acids is 2. The van der Waals surface area contributed by atoms with Crippen LogP contribution in [0.2, 0.25) is 0 Å². The number of hydrogen-bond acceptors (Lipinski definition) is 3. The second kappa shape index (κ2) is 6.02. The molecule has 2 fully saturated rings. The van der Waals surface area contributed by atoms with Gasteiger partial charge in [0.15, 0.2) is 11.6 Å². The molecule has 4 rings (SSSR count). The van der Waals surface area contributed by atoms with E-state index in [9.17, 15) is 9.59 Å². The van der Waals surface area contributed by atoms with Crippen molar-refractivity contribution in [2.75, 3.05) is 13.7 Å². The van der Waals surface area contributed by atoms with Crippen molar-refractivity contribution in [3.05, 3.63) is 35.5 Å². The maximum absolute atomic E-state index is 12.8. The third-order valence-electron chi connectivity index (χ3n) is 7.92. The summed E-state index contributed by atoms with van der Waals surface area (Å²) in [6.07, 6.45) is 12.3. The SMILES string of the molecule is COCC(=O)C1[C@H](C)CC2C3CCC4=CC(=O)C=C[C@]4(C)C3=CC[C@@]21C. The molecule has 3 nitrogen and oxygen atoms in total. The molecule has 0 amide bonds. The molecule has 0 aromatic carbocycles. The van der Waals surface area contributed by atoms with Crippen molar-refractivity contribution in [1.29, 1.82) is 0 Å². The second-order valence-electron chi connectivity index (χ2n) is 9.32. The molecule has 0 saturated heterocycles. The van der Waals surface area contributed by atoms with Crippen LogP contribution in [-0.4, -0.2) is 25.3 Å². The van der Waals surface area contributed by atoms with Crippen LogP contribution in [0.25, 0.3) is 0 Å². The van der Waals surface area contributed by atoms with Crippen LogP contribution < -0.4 is 0 Å². The lowest BCUT2D eigenvalue weighted by atomic mass is 9.52. The van der Waals surface area contributed by atoms with E-state index >= 15 is 0 Å². The van der Waals surface area contributed by atoms with Gasteiger partial charge in [0.05, 0.1) is 0 Å². The van der Waals surface area contributed by atoms with E-state index in [0.29, 0.717) is 17.8 Å². The monoisotopic (exact) mass is 354 g/mol. The van der Waals surface area contributed by atoms with Gasteiger partial charge in [-0.2, -0.15) is 0 Å². The van der Waals surface area contributed by atoms with Crippen molar-refractivity contribution in [2.24, 2.45) is 34.5 Å². The van der Waals surface area contributed by atoms with Gasteiger partial charge < -0.3 is 4.74 Å². The van der Waals surface area contributed by atoms with E-state index in [0.717, 1.165) is 25.7 Å². The summed E-state index contributed by atoms with van der Waals surface area (Å²) in [5, 5.41) is 0. The van der Waals surface area contributed by atoms with E-state index in [-0.39, 0.29) is 34.9 Å². The van der Waals surface area contributed by atoms with Crippen LogP contribution in [0.3, 0.4) is 0 Å². The Morgan fingerprint density at radius 1 is 1.35 bits per heavy atom. The maximum Gasteiger partial charge on any atom is 0.178 e. The van der Waals surface area contributed by atoms with Gasteiger partial charge in [0.25, 0.3) is 0 Å². The van der Waals surface area contributed by atoms with Gasteiger partial charge >= 0.3 is 0 Å². The average Bonchev–Trinajstić information content (AvgIpc) is 2.86. The molecule has 3 heteroatoms. The summed E-state index contributed by atoms with van der Waals surface area (Å²) in [5.41, 5.74) is 2.70. The van der Waals surface area contributed by atoms with Crippen LogP contribution >= 0.6 is 0 Å². The topological polar surface area (TPSA) is 43.4 Å². The first-order chi connectivity index (χ1) is 12.3. The second-order valence-corrected chi connectivity index (χ2v) is 9.32. The molecule has 140 valence electrons. The first-order valence-electron chi connectivity index (χ1n) is 9.97. The number of Topliss-reactive ketones (excluding diaryl/α,β-unsaturated/α-hetero) is 1. The van der Waals surface area contributed by atoms with Gasteiger partial charge in [-0.15, -0.1) is 0 Å². The molecule has 0 aliphatic heterocycles. The summed E-state index contributed by atoms with van der Waals surface area (Å²) in [6.45, 7) is 7.08. The Kier molecular flexibility index (Phi) is 4.15.